The zero-order chi connectivity index (χ0) is 19.9. The van der Waals surface area contributed by atoms with Crippen LogP contribution in [0.5, 0.6) is 11.5 Å². The van der Waals surface area contributed by atoms with Crippen LogP contribution in [0.3, 0.4) is 0 Å². The van der Waals surface area contributed by atoms with E-state index in [1.807, 2.05) is 0 Å². The highest BCUT2D eigenvalue weighted by Crippen LogP contribution is 2.31. The summed E-state index contributed by atoms with van der Waals surface area (Å²) in [6.45, 7) is 0.0975. The maximum absolute atomic E-state index is 13.7. The topological polar surface area (TPSA) is 72.5 Å². The van der Waals surface area contributed by atoms with Gasteiger partial charge in [0.1, 0.15) is 23.1 Å². The molecule has 0 saturated carbocycles. The van der Waals surface area contributed by atoms with Gasteiger partial charge in [0, 0.05) is 29.9 Å². The summed E-state index contributed by atoms with van der Waals surface area (Å²) in [5.41, 5.74) is 1.47. The molecule has 7 heteroatoms. The largest absolute Gasteiger partial charge is 0.497 e. The Hall–Kier alpha value is -3.61. The first kappa shape index (κ1) is 19.2. The number of hydrogen-bond acceptors (Lipinski definition) is 5. The van der Waals surface area contributed by atoms with Crippen LogP contribution in [0.25, 0.3) is 0 Å². The summed E-state index contributed by atoms with van der Waals surface area (Å²) in [6, 6.07) is 14.8. The normalized spacial score (nSPS) is 10.2. The molecule has 2 N–H and O–H groups in total. The number of anilines is 2. The highest BCUT2D eigenvalue weighted by molar-refractivity contribution is 5.94. The van der Waals surface area contributed by atoms with Gasteiger partial charge in [-0.2, -0.15) is 0 Å². The van der Waals surface area contributed by atoms with Gasteiger partial charge in [0.2, 0.25) is 0 Å². The van der Waals surface area contributed by atoms with Gasteiger partial charge in [0.25, 0.3) is 5.91 Å². The number of carbonyl (C=O) groups is 1. The van der Waals surface area contributed by atoms with E-state index in [9.17, 15) is 9.18 Å². The highest BCUT2D eigenvalue weighted by atomic mass is 19.1. The summed E-state index contributed by atoms with van der Waals surface area (Å²) in [5.74, 6) is 1.04. The number of carbonyl (C=O) groups excluding carboxylic acids is 1. The molecule has 0 atom stereocenters. The summed E-state index contributed by atoms with van der Waals surface area (Å²) < 4.78 is 24.2. The molecule has 3 rings (SSSR count). The zero-order valence-corrected chi connectivity index (χ0v) is 15.5. The summed E-state index contributed by atoms with van der Waals surface area (Å²) in [7, 11) is 3.14. The van der Waals surface area contributed by atoms with Crippen LogP contribution in [0.15, 0.2) is 60.8 Å². The summed E-state index contributed by atoms with van der Waals surface area (Å²) >= 11 is 0. The monoisotopic (exact) mass is 381 g/mol. The van der Waals surface area contributed by atoms with Crippen LogP contribution in [0.4, 0.5) is 15.9 Å². The lowest BCUT2D eigenvalue weighted by Gasteiger charge is -2.13. The third-order valence-electron chi connectivity index (χ3n) is 4.09. The van der Waals surface area contributed by atoms with E-state index in [0.29, 0.717) is 34.1 Å². The van der Waals surface area contributed by atoms with Crippen molar-refractivity contribution in [3.63, 3.8) is 0 Å². The first-order chi connectivity index (χ1) is 13.6. The average Bonchev–Trinajstić information content (AvgIpc) is 2.73. The minimum absolute atomic E-state index is 0.0975. The van der Waals surface area contributed by atoms with E-state index < -0.39 is 0 Å². The van der Waals surface area contributed by atoms with Crippen molar-refractivity contribution in [2.75, 3.05) is 19.5 Å². The van der Waals surface area contributed by atoms with Crippen molar-refractivity contribution in [2.45, 2.75) is 6.54 Å². The van der Waals surface area contributed by atoms with Crippen LogP contribution >= 0.6 is 0 Å². The van der Waals surface area contributed by atoms with Gasteiger partial charge in [-0.3, -0.25) is 4.79 Å². The lowest BCUT2D eigenvalue weighted by Crippen LogP contribution is -2.23. The van der Waals surface area contributed by atoms with E-state index in [2.05, 4.69) is 15.6 Å². The maximum atomic E-state index is 13.7. The second kappa shape index (κ2) is 8.85. The average molecular weight is 381 g/mol. The molecule has 28 heavy (non-hydrogen) atoms. The number of aromatic nitrogens is 1. The number of nitrogens with zero attached hydrogens (tertiary/aromatic N) is 1. The van der Waals surface area contributed by atoms with Gasteiger partial charge >= 0.3 is 0 Å². The molecule has 0 saturated heterocycles. The third kappa shape index (κ3) is 4.56. The van der Waals surface area contributed by atoms with E-state index in [0.717, 1.165) is 0 Å². The van der Waals surface area contributed by atoms with E-state index >= 15 is 0 Å². The Morgan fingerprint density at radius 1 is 1.07 bits per heavy atom. The molecule has 2 aromatic carbocycles. The number of ether oxygens (including phenoxy) is 2. The number of nitrogens with one attached hydrogen (secondary N) is 2. The van der Waals surface area contributed by atoms with E-state index in [1.54, 1.807) is 62.8 Å². The number of hydrogen-bond donors (Lipinski definition) is 2. The Morgan fingerprint density at radius 3 is 2.64 bits per heavy atom. The summed E-state index contributed by atoms with van der Waals surface area (Å²) in [4.78, 5) is 16.7. The molecule has 0 spiro atoms. The second-order valence-electron chi connectivity index (χ2n) is 5.90. The highest BCUT2D eigenvalue weighted by Gasteiger charge is 2.10. The van der Waals surface area contributed by atoms with Crippen LogP contribution in [0.2, 0.25) is 0 Å². The van der Waals surface area contributed by atoms with E-state index in [4.69, 9.17) is 9.47 Å². The van der Waals surface area contributed by atoms with Crippen LogP contribution in [-0.2, 0) is 6.54 Å². The molecule has 0 fully saturated rings. The molecule has 0 aliphatic heterocycles. The van der Waals surface area contributed by atoms with Crippen LogP contribution in [0.1, 0.15) is 15.9 Å². The molecular formula is C21H20FN3O3. The molecule has 0 radical (unpaired) electrons. The van der Waals surface area contributed by atoms with Crippen molar-refractivity contribution in [3.05, 3.63) is 77.7 Å². The Balaban J connectivity index is 1.73. The van der Waals surface area contributed by atoms with Gasteiger partial charge in [-0.05, 0) is 30.3 Å². The lowest BCUT2D eigenvalue weighted by atomic mass is 10.2. The quantitative estimate of drug-likeness (QED) is 0.649. The minimum atomic E-state index is -0.356. The number of methoxy groups -OCH3 is 2. The van der Waals surface area contributed by atoms with E-state index in [1.165, 1.54) is 12.3 Å². The van der Waals surface area contributed by atoms with Crippen molar-refractivity contribution in [2.24, 2.45) is 0 Å². The molecule has 144 valence electrons. The van der Waals surface area contributed by atoms with Gasteiger partial charge in [-0.25, -0.2) is 9.37 Å². The number of pyridine rings is 1. The second-order valence-corrected chi connectivity index (χ2v) is 5.90. The molecule has 0 aliphatic rings. The SMILES string of the molecule is COc1ccc(OC)c(Nc2cc(C(=O)NCc3ccccc3F)ccn2)c1. The fourth-order valence-electron chi connectivity index (χ4n) is 2.61. The molecule has 1 aromatic heterocycles. The Labute approximate surface area is 162 Å². The number of amides is 1. The van der Waals surface area contributed by atoms with Crippen molar-refractivity contribution >= 4 is 17.4 Å². The molecule has 1 amide bonds. The zero-order valence-electron chi connectivity index (χ0n) is 15.5. The predicted molar refractivity (Wildman–Crippen MR) is 105 cm³/mol. The van der Waals surface area contributed by atoms with Crippen LogP contribution in [0, 0.1) is 5.82 Å². The smallest absolute Gasteiger partial charge is 0.251 e. The fraction of sp³-hybridized carbons (Fsp3) is 0.143. The standard InChI is InChI=1S/C21H20FN3O3/c1-27-16-7-8-19(28-2)18(12-16)25-20-11-14(9-10-23-20)21(26)24-13-15-5-3-4-6-17(15)22/h3-12H,13H2,1-2H3,(H,23,25)(H,24,26). The fourth-order valence-corrected chi connectivity index (χ4v) is 2.61. The lowest BCUT2D eigenvalue weighted by molar-refractivity contribution is 0.0950. The molecule has 0 unspecified atom stereocenters. The number of benzene rings is 2. The van der Waals surface area contributed by atoms with Gasteiger partial charge in [-0.15, -0.1) is 0 Å². The van der Waals surface area contributed by atoms with Crippen molar-refractivity contribution < 1.29 is 18.7 Å². The third-order valence-corrected chi connectivity index (χ3v) is 4.09. The van der Waals surface area contributed by atoms with Crippen LogP contribution in [-0.4, -0.2) is 25.1 Å². The summed E-state index contributed by atoms with van der Waals surface area (Å²) in [5, 5.41) is 5.83. The van der Waals surface area contributed by atoms with E-state index in [-0.39, 0.29) is 18.3 Å². The minimum Gasteiger partial charge on any atom is -0.497 e. The molecular weight excluding hydrogens is 361 g/mol. The number of halogens is 1. The Bertz CT molecular complexity index is 979. The molecule has 3 aromatic rings. The van der Waals surface area contributed by atoms with Crippen molar-refractivity contribution in [3.8, 4) is 11.5 Å². The van der Waals surface area contributed by atoms with Crippen molar-refractivity contribution in [1.82, 2.24) is 10.3 Å². The first-order valence-electron chi connectivity index (χ1n) is 8.57. The Morgan fingerprint density at radius 2 is 1.89 bits per heavy atom. The van der Waals surface area contributed by atoms with Crippen molar-refractivity contribution in [1.29, 1.82) is 0 Å². The predicted octanol–water partition coefficient (Wildman–Crippen LogP) is 3.91. The number of rotatable bonds is 7. The molecule has 1 heterocycles. The maximum Gasteiger partial charge on any atom is 0.251 e. The van der Waals surface area contributed by atoms with Gasteiger partial charge in [0.05, 0.1) is 19.9 Å². The molecule has 0 aliphatic carbocycles. The van der Waals surface area contributed by atoms with Gasteiger partial charge in [0.15, 0.2) is 0 Å². The van der Waals surface area contributed by atoms with Gasteiger partial charge in [-0.1, -0.05) is 18.2 Å². The summed E-state index contributed by atoms with van der Waals surface area (Å²) in [6.07, 6.45) is 1.52. The van der Waals surface area contributed by atoms with Crippen LogP contribution < -0.4 is 20.1 Å². The molecule has 6 nitrogen and oxygen atoms in total. The van der Waals surface area contributed by atoms with Gasteiger partial charge < -0.3 is 20.1 Å². The first-order valence-corrected chi connectivity index (χ1v) is 8.57. The Kier molecular flexibility index (Phi) is 6.06. The molecule has 0 bridgehead atoms.